The van der Waals surface area contributed by atoms with Crippen molar-refractivity contribution in [2.75, 3.05) is 5.32 Å². The number of rotatable bonds is 5. The second-order valence-corrected chi connectivity index (χ2v) is 8.92. The molecule has 5 aromatic rings. The molecule has 2 atom stereocenters. The largest absolute Gasteiger partial charge is 0.382 e. The van der Waals surface area contributed by atoms with Gasteiger partial charge in [-0.05, 0) is 54.0 Å². The van der Waals surface area contributed by atoms with Crippen molar-refractivity contribution in [2.24, 2.45) is 0 Å². The number of hydrogen-bond acceptors (Lipinski definition) is 3. The van der Waals surface area contributed by atoms with Crippen molar-refractivity contribution >= 4 is 50.3 Å². The minimum absolute atomic E-state index is 0.508. The maximum absolute atomic E-state index is 4.66. The van der Waals surface area contributed by atoms with E-state index in [-0.39, 0.29) is 0 Å². The fourth-order valence-corrected chi connectivity index (χ4v) is 5.00. The van der Waals surface area contributed by atoms with Crippen LogP contribution in [0, 0.1) is 0 Å². The second kappa shape index (κ2) is 7.15. The third-order valence-electron chi connectivity index (χ3n) is 5.80. The van der Waals surface area contributed by atoms with Crippen LogP contribution < -0.4 is 5.32 Å². The fraction of sp³-hybridized carbons (Fsp3) is 0.115. The van der Waals surface area contributed by atoms with Crippen molar-refractivity contribution in [1.82, 2.24) is 9.97 Å². The molecule has 0 spiro atoms. The molecule has 1 aliphatic rings. The number of anilines is 1. The number of para-hydroxylation sites is 2. The Balaban J connectivity index is 1.12. The molecule has 6 rings (SSSR count). The second-order valence-electron chi connectivity index (χ2n) is 7.86. The van der Waals surface area contributed by atoms with Crippen LogP contribution in [0.15, 0.2) is 79.0 Å². The Kier molecular flexibility index (Phi) is 4.17. The molecule has 2 aromatic heterocycles. The number of benzene rings is 3. The van der Waals surface area contributed by atoms with Gasteiger partial charge in [0.15, 0.2) is 0 Å². The molecule has 1 aliphatic carbocycles. The van der Waals surface area contributed by atoms with Crippen LogP contribution in [-0.2, 0) is 0 Å². The zero-order valence-corrected chi connectivity index (χ0v) is 17.2. The van der Waals surface area contributed by atoms with Crippen molar-refractivity contribution in [3.8, 4) is 0 Å². The Bertz CT molecular complexity index is 1330. The lowest BCUT2D eigenvalue weighted by atomic mass is 10.1. The maximum Gasteiger partial charge on any atom is 0.117 e. The lowest BCUT2D eigenvalue weighted by Crippen LogP contribution is -2.03. The first kappa shape index (κ1) is 17.5. The van der Waals surface area contributed by atoms with Crippen LogP contribution >= 0.6 is 11.3 Å². The topological polar surface area (TPSA) is 40.7 Å². The summed E-state index contributed by atoms with van der Waals surface area (Å²) in [6.07, 6.45) is 7.59. The molecular weight excluding hydrogens is 386 g/mol. The molecule has 2 unspecified atom stereocenters. The van der Waals surface area contributed by atoms with Gasteiger partial charge < -0.3 is 10.3 Å². The number of hydrogen-bond donors (Lipinski definition) is 2. The predicted molar refractivity (Wildman–Crippen MR) is 128 cm³/mol. The van der Waals surface area contributed by atoms with E-state index < -0.39 is 0 Å². The van der Waals surface area contributed by atoms with Gasteiger partial charge in [-0.15, -0.1) is 11.3 Å². The average Bonchev–Trinajstić information content (AvgIpc) is 3.22. The summed E-state index contributed by atoms with van der Waals surface area (Å²) < 4.78 is 1.23. The molecule has 30 heavy (non-hydrogen) atoms. The van der Waals surface area contributed by atoms with E-state index in [4.69, 9.17) is 0 Å². The summed E-state index contributed by atoms with van der Waals surface area (Å²) in [5.41, 5.74) is 6.08. The monoisotopic (exact) mass is 407 g/mol. The van der Waals surface area contributed by atoms with Gasteiger partial charge in [0, 0.05) is 34.7 Å². The predicted octanol–water partition coefficient (Wildman–Crippen LogP) is 6.92. The van der Waals surface area contributed by atoms with Gasteiger partial charge in [-0.1, -0.05) is 48.5 Å². The van der Waals surface area contributed by atoms with E-state index in [1.165, 1.54) is 38.8 Å². The Morgan fingerprint density at radius 1 is 0.933 bits per heavy atom. The van der Waals surface area contributed by atoms with Gasteiger partial charge in [-0.2, -0.15) is 0 Å². The van der Waals surface area contributed by atoms with Gasteiger partial charge in [0.2, 0.25) is 0 Å². The number of thiazole rings is 1. The number of aromatic nitrogens is 2. The third-order valence-corrected chi connectivity index (χ3v) is 6.80. The maximum atomic E-state index is 4.66. The number of fused-ring (bicyclic) bond motifs is 2. The molecule has 146 valence electrons. The highest BCUT2D eigenvalue weighted by Crippen LogP contribution is 2.45. The summed E-state index contributed by atoms with van der Waals surface area (Å²) in [6.45, 7) is 0. The first-order valence-electron chi connectivity index (χ1n) is 10.3. The smallest absolute Gasteiger partial charge is 0.117 e. The van der Waals surface area contributed by atoms with E-state index in [1.807, 2.05) is 6.07 Å². The zero-order chi connectivity index (χ0) is 19.9. The highest BCUT2D eigenvalue weighted by Gasteiger charge is 2.39. The summed E-state index contributed by atoms with van der Waals surface area (Å²) in [5, 5.41) is 6.08. The zero-order valence-electron chi connectivity index (χ0n) is 16.4. The van der Waals surface area contributed by atoms with E-state index >= 15 is 0 Å². The number of aromatic amines is 1. The third kappa shape index (κ3) is 3.29. The first-order chi connectivity index (χ1) is 14.8. The van der Waals surface area contributed by atoms with E-state index in [2.05, 4.69) is 100 Å². The van der Waals surface area contributed by atoms with E-state index in [0.29, 0.717) is 12.0 Å². The van der Waals surface area contributed by atoms with Gasteiger partial charge in [-0.25, -0.2) is 4.98 Å². The Morgan fingerprint density at radius 2 is 1.77 bits per heavy atom. The van der Waals surface area contributed by atoms with Crippen LogP contribution in [0.4, 0.5) is 5.69 Å². The summed E-state index contributed by atoms with van der Waals surface area (Å²) >= 11 is 1.72. The molecule has 1 saturated carbocycles. The van der Waals surface area contributed by atoms with Crippen LogP contribution in [0.3, 0.4) is 0 Å². The van der Waals surface area contributed by atoms with Gasteiger partial charge in [0.1, 0.15) is 5.01 Å². The van der Waals surface area contributed by atoms with Crippen LogP contribution in [0.5, 0.6) is 0 Å². The minimum atomic E-state index is 0.508. The Labute approximate surface area is 179 Å². The van der Waals surface area contributed by atoms with Crippen LogP contribution in [0.2, 0.25) is 0 Å². The highest BCUT2D eigenvalue weighted by atomic mass is 32.1. The van der Waals surface area contributed by atoms with Gasteiger partial charge in [-0.3, -0.25) is 0 Å². The van der Waals surface area contributed by atoms with E-state index in [0.717, 1.165) is 10.5 Å². The molecule has 0 saturated heterocycles. The molecule has 2 heterocycles. The molecule has 3 aromatic carbocycles. The normalized spacial score (nSPS) is 18.4. The number of nitrogens with one attached hydrogen (secondary N) is 2. The van der Waals surface area contributed by atoms with Crippen molar-refractivity contribution in [3.05, 3.63) is 95.1 Å². The Morgan fingerprint density at radius 3 is 2.67 bits per heavy atom. The van der Waals surface area contributed by atoms with E-state index in [1.54, 1.807) is 11.3 Å². The summed E-state index contributed by atoms with van der Waals surface area (Å²) in [7, 11) is 0. The first-order valence-corrected chi connectivity index (χ1v) is 11.1. The SMILES string of the molecule is C(=C\c1nc2ccccc2s1)/c1ccc(NC2CC2c2c[nH]c3ccccc23)cc1. The lowest BCUT2D eigenvalue weighted by molar-refractivity contribution is 1.05. The molecule has 0 amide bonds. The van der Waals surface area contributed by atoms with Gasteiger partial charge in [0.25, 0.3) is 0 Å². The van der Waals surface area contributed by atoms with E-state index in [9.17, 15) is 0 Å². The molecule has 0 aliphatic heterocycles. The molecule has 1 fully saturated rings. The van der Waals surface area contributed by atoms with Crippen LogP contribution in [-0.4, -0.2) is 16.0 Å². The molecule has 2 N–H and O–H groups in total. The average molecular weight is 408 g/mol. The summed E-state index contributed by atoms with van der Waals surface area (Å²) in [6, 6.07) is 26.0. The molecule has 4 heteroatoms. The van der Waals surface area contributed by atoms with Gasteiger partial charge in [0.05, 0.1) is 10.2 Å². The summed E-state index contributed by atoms with van der Waals surface area (Å²) in [5.74, 6) is 0.583. The molecule has 3 nitrogen and oxygen atoms in total. The highest BCUT2D eigenvalue weighted by molar-refractivity contribution is 7.19. The summed E-state index contributed by atoms with van der Waals surface area (Å²) in [4.78, 5) is 8.06. The molecule has 0 radical (unpaired) electrons. The fourth-order valence-electron chi connectivity index (χ4n) is 4.13. The minimum Gasteiger partial charge on any atom is -0.382 e. The Hall–Kier alpha value is -3.37. The number of nitrogens with zero attached hydrogens (tertiary/aromatic N) is 1. The van der Waals surface area contributed by atoms with Crippen LogP contribution in [0.25, 0.3) is 33.3 Å². The van der Waals surface area contributed by atoms with Crippen molar-refractivity contribution < 1.29 is 0 Å². The van der Waals surface area contributed by atoms with Gasteiger partial charge >= 0.3 is 0 Å². The van der Waals surface area contributed by atoms with Crippen LogP contribution in [0.1, 0.15) is 28.5 Å². The molecule has 0 bridgehead atoms. The quantitative estimate of drug-likeness (QED) is 0.332. The van der Waals surface area contributed by atoms with Crippen molar-refractivity contribution in [2.45, 2.75) is 18.4 Å². The number of H-pyrrole nitrogens is 1. The standard InChI is InChI=1S/C26H21N3S/c1-2-6-22-19(5-1)21(16-27-22)20-15-24(20)28-18-12-9-17(10-13-18)11-14-26-29-23-7-3-4-8-25(23)30-26/h1-14,16,20,24,27-28H,15H2/b14-11+. The lowest BCUT2D eigenvalue weighted by Gasteiger charge is -2.06. The molecular formula is C26H21N3S. The van der Waals surface area contributed by atoms with Crippen molar-refractivity contribution in [1.29, 1.82) is 0 Å². The van der Waals surface area contributed by atoms with Crippen molar-refractivity contribution in [3.63, 3.8) is 0 Å².